The molecule has 0 aromatic heterocycles. The van der Waals surface area contributed by atoms with Gasteiger partial charge in [-0.2, -0.15) is 0 Å². The van der Waals surface area contributed by atoms with Crippen molar-refractivity contribution in [1.82, 2.24) is 0 Å². The zero-order valence-corrected chi connectivity index (χ0v) is 20.0. The molecule has 7 aromatic rings. The Morgan fingerprint density at radius 1 is 0.222 bits per heavy atom. The molecule has 0 fully saturated rings. The van der Waals surface area contributed by atoms with Gasteiger partial charge in [-0.1, -0.05) is 158 Å². The van der Waals surface area contributed by atoms with Gasteiger partial charge in [-0.05, 0) is 54.6 Å². The van der Waals surface area contributed by atoms with Crippen LogP contribution in [-0.4, -0.2) is 0 Å². The highest BCUT2D eigenvalue weighted by molar-refractivity contribution is 6.28. The van der Waals surface area contributed by atoms with Crippen molar-refractivity contribution in [3.05, 3.63) is 158 Å². The molecule has 0 aliphatic heterocycles. The number of fused-ring (bicyclic) bond motifs is 6. The molecule has 0 nitrogen and oxygen atoms in total. The molecule has 0 heteroatoms. The molecule has 170 valence electrons. The summed E-state index contributed by atoms with van der Waals surface area (Å²) < 4.78 is 0. The van der Waals surface area contributed by atoms with Crippen molar-refractivity contribution in [1.29, 1.82) is 0 Å². The summed E-state index contributed by atoms with van der Waals surface area (Å²) in [5, 5.41) is 7.97. The van der Waals surface area contributed by atoms with Crippen LogP contribution in [0, 0.1) is 0 Å². The largest absolute Gasteiger partial charge is 0.0622 e. The monoisotopic (exact) mass is 458 g/mol. The van der Waals surface area contributed by atoms with E-state index in [1.807, 2.05) is 12.1 Å². The van der Waals surface area contributed by atoms with Crippen LogP contribution >= 0.6 is 0 Å². The Morgan fingerprint density at radius 3 is 1.03 bits per heavy atom. The van der Waals surface area contributed by atoms with Crippen molar-refractivity contribution in [3.8, 4) is 22.3 Å². The zero-order valence-electron chi connectivity index (χ0n) is 20.0. The van der Waals surface area contributed by atoms with E-state index in [2.05, 4.69) is 146 Å². The molecule has 7 rings (SSSR count). The average molecular weight is 459 g/mol. The molecule has 0 radical (unpaired) electrons. The molecule has 7 aromatic carbocycles. The molecule has 0 saturated carbocycles. The van der Waals surface area contributed by atoms with Gasteiger partial charge in [0.05, 0.1) is 0 Å². The summed E-state index contributed by atoms with van der Waals surface area (Å²) >= 11 is 0. The Balaban J connectivity index is 0.000000168. The zero-order chi connectivity index (χ0) is 24.2. The summed E-state index contributed by atoms with van der Waals surface area (Å²) in [5.74, 6) is 0. The van der Waals surface area contributed by atoms with Crippen LogP contribution in [0.5, 0.6) is 0 Å². The van der Waals surface area contributed by atoms with Gasteiger partial charge in [-0.25, -0.2) is 0 Å². The molecule has 0 unspecified atom stereocenters. The van der Waals surface area contributed by atoms with Crippen molar-refractivity contribution in [3.63, 3.8) is 0 Å². The molecule has 0 aliphatic carbocycles. The predicted octanol–water partition coefficient (Wildman–Crippen LogP) is 10.2. The van der Waals surface area contributed by atoms with Crippen molar-refractivity contribution >= 4 is 32.3 Å². The highest BCUT2D eigenvalue weighted by Gasteiger charge is 2.11. The van der Waals surface area contributed by atoms with Crippen molar-refractivity contribution in [2.75, 3.05) is 0 Å². The lowest BCUT2D eigenvalue weighted by Crippen LogP contribution is -1.86. The normalized spacial score (nSPS) is 10.8. The third-order valence-corrected chi connectivity index (χ3v) is 6.73. The smallest absolute Gasteiger partial charge is 0.00204 e. The standard InChI is InChI=1S/C24H16.C12H10/c1-2-9-17(10-3-1)18-15-8-16-23-21-12-5-4-11-19(21)20-13-6-7-14-22(20)24(18)23;1-3-7-11(8-4-1)12-9-5-2-6-10-12/h1-16H;1-10H. The van der Waals surface area contributed by atoms with E-state index in [-0.39, 0.29) is 0 Å². The molecule has 0 aliphatic rings. The molecule has 0 atom stereocenters. The topological polar surface area (TPSA) is 0 Å². The third-order valence-electron chi connectivity index (χ3n) is 6.73. The first-order chi connectivity index (χ1) is 17.9. The minimum absolute atomic E-state index is 1.27. The number of rotatable bonds is 2. The first-order valence-electron chi connectivity index (χ1n) is 12.4. The SMILES string of the molecule is c1ccc(-c2cccc3c4ccccc4c4ccccc4c23)cc1.c1ccc(-c2ccccc2)cc1. The Hall–Kier alpha value is -4.68. The Labute approximate surface area is 212 Å². The molecule has 0 amide bonds. The molecular formula is C36H26. The van der Waals surface area contributed by atoms with E-state index in [9.17, 15) is 0 Å². The van der Waals surface area contributed by atoms with Crippen LogP contribution < -0.4 is 0 Å². The maximum atomic E-state index is 2.25. The van der Waals surface area contributed by atoms with Gasteiger partial charge in [0.15, 0.2) is 0 Å². The van der Waals surface area contributed by atoms with Crippen LogP contribution in [-0.2, 0) is 0 Å². The molecule has 0 heterocycles. The first-order valence-corrected chi connectivity index (χ1v) is 12.4. The summed E-state index contributed by atoms with van der Waals surface area (Å²) in [6.07, 6.45) is 0. The minimum Gasteiger partial charge on any atom is -0.0622 e. The fourth-order valence-corrected chi connectivity index (χ4v) is 5.08. The van der Waals surface area contributed by atoms with Gasteiger partial charge in [-0.3, -0.25) is 0 Å². The fourth-order valence-electron chi connectivity index (χ4n) is 5.08. The van der Waals surface area contributed by atoms with Crippen LogP contribution in [0.1, 0.15) is 0 Å². The molecule has 0 spiro atoms. The summed E-state index contributed by atoms with van der Waals surface area (Å²) in [6, 6.07) is 55.6. The second-order valence-electron chi connectivity index (χ2n) is 8.92. The highest BCUT2D eigenvalue weighted by atomic mass is 14.1. The first kappa shape index (κ1) is 21.8. The predicted molar refractivity (Wildman–Crippen MR) is 156 cm³/mol. The van der Waals surface area contributed by atoms with E-state index < -0.39 is 0 Å². The Bertz CT molecular complexity index is 1670. The van der Waals surface area contributed by atoms with Gasteiger partial charge in [-0.15, -0.1) is 0 Å². The van der Waals surface area contributed by atoms with E-state index in [0.717, 1.165) is 0 Å². The van der Waals surface area contributed by atoms with Gasteiger partial charge >= 0.3 is 0 Å². The summed E-state index contributed by atoms with van der Waals surface area (Å²) in [6.45, 7) is 0. The van der Waals surface area contributed by atoms with E-state index in [4.69, 9.17) is 0 Å². The van der Waals surface area contributed by atoms with Crippen LogP contribution in [0.2, 0.25) is 0 Å². The second kappa shape index (κ2) is 9.90. The van der Waals surface area contributed by atoms with E-state index in [1.54, 1.807) is 0 Å². The summed E-state index contributed by atoms with van der Waals surface area (Å²) in [5.41, 5.74) is 5.12. The highest BCUT2D eigenvalue weighted by Crippen LogP contribution is 2.39. The summed E-state index contributed by atoms with van der Waals surface area (Å²) in [7, 11) is 0. The molecule has 0 N–H and O–H groups in total. The number of hydrogen-bond donors (Lipinski definition) is 0. The van der Waals surface area contributed by atoms with E-state index in [0.29, 0.717) is 0 Å². The Morgan fingerprint density at radius 2 is 0.556 bits per heavy atom. The van der Waals surface area contributed by atoms with Gasteiger partial charge in [0, 0.05) is 0 Å². The lowest BCUT2D eigenvalue weighted by atomic mass is 9.89. The third kappa shape index (κ3) is 4.15. The lowest BCUT2D eigenvalue weighted by Gasteiger charge is -2.14. The van der Waals surface area contributed by atoms with Crippen molar-refractivity contribution in [2.24, 2.45) is 0 Å². The van der Waals surface area contributed by atoms with Gasteiger partial charge < -0.3 is 0 Å². The molecule has 36 heavy (non-hydrogen) atoms. The van der Waals surface area contributed by atoms with Crippen LogP contribution in [0.25, 0.3) is 54.6 Å². The van der Waals surface area contributed by atoms with Crippen LogP contribution in [0.3, 0.4) is 0 Å². The minimum atomic E-state index is 1.27. The van der Waals surface area contributed by atoms with Crippen molar-refractivity contribution in [2.45, 2.75) is 0 Å². The summed E-state index contributed by atoms with van der Waals surface area (Å²) in [4.78, 5) is 0. The van der Waals surface area contributed by atoms with Gasteiger partial charge in [0.25, 0.3) is 0 Å². The second-order valence-corrected chi connectivity index (χ2v) is 8.92. The van der Waals surface area contributed by atoms with Gasteiger partial charge in [0.1, 0.15) is 0 Å². The fraction of sp³-hybridized carbons (Fsp3) is 0. The number of hydrogen-bond acceptors (Lipinski definition) is 0. The maximum absolute atomic E-state index is 2.25. The molecule has 0 saturated heterocycles. The lowest BCUT2D eigenvalue weighted by molar-refractivity contribution is 1.62. The van der Waals surface area contributed by atoms with Crippen LogP contribution in [0.4, 0.5) is 0 Å². The maximum Gasteiger partial charge on any atom is -0.00204 e. The van der Waals surface area contributed by atoms with Gasteiger partial charge in [0.2, 0.25) is 0 Å². The van der Waals surface area contributed by atoms with Crippen LogP contribution in [0.15, 0.2) is 158 Å². The van der Waals surface area contributed by atoms with Crippen molar-refractivity contribution < 1.29 is 0 Å². The van der Waals surface area contributed by atoms with E-state index in [1.165, 1.54) is 54.6 Å². The molecule has 0 bridgehead atoms. The van der Waals surface area contributed by atoms with E-state index >= 15 is 0 Å². The average Bonchev–Trinajstić information content (AvgIpc) is 2.99. The molecular weight excluding hydrogens is 432 g/mol. The Kier molecular flexibility index (Phi) is 6.00. The number of benzene rings is 7. The quantitative estimate of drug-likeness (QED) is 0.226.